The molecule has 0 radical (unpaired) electrons. The van der Waals surface area contributed by atoms with Crippen LogP contribution in [0.3, 0.4) is 0 Å². The highest BCUT2D eigenvalue weighted by Crippen LogP contribution is 2.18. The highest BCUT2D eigenvalue weighted by molar-refractivity contribution is 9.09. The van der Waals surface area contributed by atoms with Crippen LogP contribution in [-0.2, 0) is 18.9 Å². The molecule has 21 heavy (non-hydrogen) atoms. The Morgan fingerprint density at radius 1 is 0.857 bits per heavy atom. The third-order valence-corrected chi connectivity index (χ3v) is 3.73. The quantitative estimate of drug-likeness (QED) is 0.400. The molecule has 1 aromatic carbocycles. The Morgan fingerprint density at radius 3 is 2.00 bits per heavy atom. The molecule has 120 valence electrons. The van der Waals surface area contributed by atoms with Gasteiger partial charge in [0.15, 0.2) is 0 Å². The van der Waals surface area contributed by atoms with Crippen molar-refractivity contribution in [1.82, 2.24) is 0 Å². The van der Waals surface area contributed by atoms with Crippen LogP contribution in [0.4, 0.5) is 0 Å². The van der Waals surface area contributed by atoms with Gasteiger partial charge in [0.2, 0.25) is 0 Å². The van der Waals surface area contributed by atoms with E-state index >= 15 is 0 Å². The molecule has 0 N–H and O–H groups in total. The molecule has 0 fully saturated rings. The third-order valence-electron chi connectivity index (χ3n) is 2.95. The summed E-state index contributed by atoms with van der Waals surface area (Å²) < 4.78 is 21.3. The molecular formula is C16H25BrO4. The summed E-state index contributed by atoms with van der Waals surface area (Å²) in [6, 6.07) is 10.4. The fourth-order valence-corrected chi connectivity index (χ4v) is 2.32. The van der Waals surface area contributed by atoms with E-state index in [2.05, 4.69) is 40.2 Å². The first-order valence-electron chi connectivity index (χ1n) is 7.21. The number of rotatable bonds is 13. The van der Waals surface area contributed by atoms with Crippen molar-refractivity contribution in [3.8, 4) is 0 Å². The van der Waals surface area contributed by atoms with Crippen molar-refractivity contribution in [3.05, 3.63) is 35.9 Å². The van der Waals surface area contributed by atoms with Gasteiger partial charge in [-0.2, -0.15) is 0 Å². The number of halogens is 1. The molecule has 5 heteroatoms. The molecule has 0 spiro atoms. The lowest BCUT2D eigenvalue weighted by Gasteiger charge is -2.15. The van der Waals surface area contributed by atoms with E-state index in [0.29, 0.717) is 52.2 Å². The Morgan fingerprint density at radius 2 is 1.43 bits per heavy atom. The first-order valence-corrected chi connectivity index (χ1v) is 8.33. The van der Waals surface area contributed by atoms with Crippen LogP contribution in [0.2, 0.25) is 0 Å². The molecule has 1 atom stereocenters. The van der Waals surface area contributed by atoms with Crippen LogP contribution >= 0.6 is 15.9 Å². The predicted molar refractivity (Wildman–Crippen MR) is 87.3 cm³/mol. The molecular weight excluding hydrogens is 336 g/mol. The number of hydrogen-bond acceptors (Lipinski definition) is 4. The van der Waals surface area contributed by atoms with E-state index in [4.69, 9.17) is 18.9 Å². The summed E-state index contributed by atoms with van der Waals surface area (Å²) in [5, 5.41) is 0.894. The minimum absolute atomic E-state index is 0.378. The van der Waals surface area contributed by atoms with Crippen molar-refractivity contribution in [2.45, 2.75) is 5.92 Å². The lowest BCUT2D eigenvalue weighted by atomic mass is 10.0. The second-order valence-corrected chi connectivity index (χ2v) is 5.20. The SMILES string of the molecule is COCCOCCOCCOCC(CBr)c1ccccc1. The molecule has 0 saturated heterocycles. The van der Waals surface area contributed by atoms with Gasteiger partial charge in [0.25, 0.3) is 0 Å². The van der Waals surface area contributed by atoms with E-state index < -0.39 is 0 Å². The van der Waals surface area contributed by atoms with Crippen molar-refractivity contribution in [2.24, 2.45) is 0 Å². The number of benzene rings is 1. The molecule has 0 bridgehead atoms. The number of methoxy groups -OCH3 is 1. The normalized spacial score (nSPS) is 12.5. The molecule has 0 aliphatic heterocycles. The maximum Gasteiger partial charge on any atom is 0.0701 e. The zero-order valence-corrected chi connectivity index (χ0v) is 14.2. The van der Waals surface area contributed by atoms with Crippen LogP contribution in [0.5, 0.6) is 0 Å². The molecule has 1 rings (SSSR count). The van der Waals surface area contributed by atoms with E-state index in [0.717, 1.165) is 5.33 Å². The number of hydrogen-bond donors (Lipinski definition) is 0. The summed E-state index contributed by atoms with van der Waals surface area (Å²) in [5.41, 5.74) is 1.29. The van der Waals surface area contributed by atoms with Gasteiger partial charge >= 0.3 is 0 Å². The van der Waals surface area contributed by atoms with Crippen LogP contribution in [-0.4, -0.2) is 58.7 Å². The Kier molecular flexibility index (Phi) is 11.7. The Hall–Kier alpha value is -0.460. The van der Waals surface area contributed by atoms with Gasteiger partial charge in [-0.05, 0) is 5.56 Å². The van der Waals surface area contributed by atoms with Crippen LogP contribution < -0.4 is 0 Å². The average Bonchev–Trinajstić information content (AvgIpc) is 2.54. The lowest BCUT2D eigenvalue weighted by molar-refractivity contribution is 0.00242. The Labute approximate surface area is 135 Å². The van der Waals surface area contributed by atoms with Crippen molar-refractivity contribution in [2.75, 3.05) is 58.7 Å². The largest absolute Gasteiger partial charge is 0.382 e. The van der Waals surface area contributed by atoms with Gasteiger partial charge < -0.3 is 18.9 Å². The van der Waals surface area contributed by atoms with E-state index in [1.165, 1.54) is 5.56 Å². The molecule has 0 aromatic heterocycles. The van der Waals surface area contributed by atoms with Gasteiger partial charge in [-0.25, -0.2) is 0 Å². The second kappa shape index (κ2) is 13.2. The van der Waals surface area contributed by atoms with E-state index in [1.807, 2.05) is 6.07 Å². The first kappa shape index (κ1) is 18.6. The van der Waals surface area contributed by atoms with E-state index in [9.17, 15) is 0 Å². The van der Waals surface area contributed by atoms with Gasteiger partial charge in [0.05, 0.1) is 46.2 Å². The van der Waals surface area contributed by atoms with Crippen LogP contribution in [0.1, 0.15) is 11.5 Å². The fraction of sp³-hybridized carbons (Fsp3) is 0.625. The van der Waals surface area contributed by atoms with Crippen molar-refractivity contribution in [3.63, 3.8) is 0 Å². The van der Waals surface area contributed by atoms with Gasteiger partial charge in [0, 0.05) is 18.4 Å². The summed E-state index contributed by atoms with van der Waals surface area (Å²) in [6.45, 7) is 4.32. The first-order chi connectivity index (χ1) is 10.4. The molecule has 0 saturated carbocycles. The average molecular weight is 361 g/mol. The number of alkyl halides is 1. The molecule has 0 aliphatic rings. The topological polar surface area (TPSA) is 36.9 Å². The highest BCUT2D eigenvalue weighted by atomic mass is 79.9. The maximum atomic E-state index is 5.67. The summed E-state index contributed by atoms with van der Waals surface area (Å²) in [6.07, 6.45) is 0. The van der Waals surface area contributed by atoms with Crippen molar-refractivity contribution < 1.29 is 18.9 Å². The third kappa shape index (κ3) is 9.22. The van der Waals surface area contributed by atoms with Crippen molar-refractivity contribution >= 4 is 15.9 Å². The molecule has 0 aliphatic carbocycles. The van der Waals surface area contributed by atoms with Crippen LogP contribution in [0.25, 0.3) is 0 Å². The maximum absolute atomic E-state index is 5.67. The monoisotopic (exact) mass is 360 g/mol. The van der Waals surface area contributed by atoms with Gasteiger partial charge in [-0.3, -0.25) is 0 Å². The Bertz CT molecular complexity index is 334. The predicted octanol–water partition coefficient (Wildman–Crippen LogP) is 2.86. The molecule has 0 heterocycles. The molecule has 0 amide bonds. The summed E-state index contributed by atoms with van der Waals surface area (Å²) >= 11 is 3.54. The van der Waals surface area contributed by atoms with Crippen LogP contribution in [0.15, 0.2) is 30.3 Å². The smallest absolute Gasteiger partial charge is 0.0701 e. The van der Waals surface area contributed by atoms with E-state index in [-0.39, 0.29) is 0 Å². The zero-order valence-electron chi connectivity index (χ0n) is 12.6. The molecule has 1 unspecified atom stereocenters. The molecule has 4 nitrogen and oxygen atoms in total. The standard InChI is InChI=1S/C16H25BrO4/c1-18-7-8-19-9-10-20-11-12-21-14-16(13-17)15-5-3-2-4-6-15/h2-6,16H,7-14H2,1H3. The second-order valence-electron chi connectivity index (χ2n) is 4.55. The Balaban J connectivity index is 1.98. The van der Waals surface area contributed by atoms with Gasteiger partial charge in [-0.15, -0.1) is 0 Å². The lowest BCUT2D eigenvalue weighted by Crippen LogP contribution is -2.14. The molecule has 1 aromatic rings. The van der Waals surface area contributed by atoms with Gasteiger partial charge in [0.1, 0.15) is 0 Å². The summed E-state index contributed by atoms with van der Waals surface area (Å²) in [4.78, 5) is 0. The van der Waals surface area contributed by atoms with E-state index in [1.54, 1.807) is 7.11 Å². The van der Waals surface area contributed by atoms with Gasteiger partial charge in [-0.1, -0.05) is 46.3 Å². The fourth-order valence-electron chi connectivity index (χ4n) is 1.76. The van der Waals surface area contributed by atoms with Crippen LogP contribution in [0, 0.1) is 0 Å². The highest BCUT2D eigenvalue weighted by Gasteiger charge is 2.09. The summed E-state index contributed by atoms with van der Waals surface area (Å²) in [5.74, 6) is 0.378. The number of ether oxygens (including phenoxy) is 4. The minimum Gasteiger partial charge on any atom is -0.382 e. The zero-order chi connectivity index (χ0) is 15.2. The summed E-state index contributed by atoms with van der Waals surface area (Å²) in [7, 11) is 1.66. The minimum atomic E-state index is 0.378. The van der Waals surface area contributed by atoms with Crippen molar-refractivity contribution in [1.29, 1.82) is 0 Å².